The molecular formula is C13H12N2O. The summed E-state index contributed by atoms with van der Waals surface area (Å²) in [5, 5.41) is 11.2. The van der Waals surface area contributed by atoms with Crippen molar-refractivity contribution in [3.8, 4) is 6.07 Å². The van der Waals surface area contributed by atoms with Gasteiger partial charge in [-0.15, -0.1) is 6.58 Å². The number of carbonyl (C=O) groups excluding carboxylic acids is 1. The normalized spacial score (nSPS) is 9.69. The molecule has 3 nitrogen and oxygen atoms in total. The van der Waals surface area contributed by atoms with Crippen LogP contribution in [0, 0.1) is 11.3 Å². The number of benzene rings is 1. The second kappa shape index (κ2) is 6.20. The van der Waals surface area contributed by atoms with Gasteiger partial charge in [-0.25, -0.2) is 0 Å². The van der Waals surface area contributed by atoms with Gasteiger partial charge in [0.15, 0.2) is 0 Å². The fourth-order valence-corrected chi connectivity index (χ4v) is 1.07. The van der Waals surface area contributed by atoms with E-state index < -0.39 is 0 Å². The minimum absolute atomic E-state index is 0.163. The second-order valence-electron chi connectivity index (χ2n) is 3.10. The lowest BCUT2D eigenvalue weighted by molar-refractivity contribution is -0.116. The third-order valence-corrected chi connectivity index (χ3v) is 1.89. The van der Waals surface area contributed by atoms with E-state index in [1.165, 1.54) is 6.08 Å². The van der Waals surface area contributed by atoms with Gasteiger partial charge in [-0.05, 0) is 23.8 Å². The Morgan fingerprint density at radius 3 is 2.69 bits per heavy atom. The summed E-state index contributed by atoms with van der Waals surface area (Å²) >= 11 is 0. The van der Waals surface area contributed by atoms with Crippen molar-refractivity contribution in [2.45, 2.75) is 0 Å². The van der Waals surface area contributed by atoms with Gasteiger partial charge < -0.3 is 5.32 Å². The molecule has 0 unspecified atom stereocenters. The van der Waals surface area contributed by atoms with Crippen molar-refractivity contribution in [1.29, 1.82) is 5.26 Å². The van der Waals surface area contributed by atoms with Crippen LogP contribution < -0.4 is 5.32 Å². The minimum Gasteiger partial charge on any atom is -0.349 e. The van der Waals surface area contributed by atoms with E-state index >= 15 is 0 Å². The lowest BCUT2D eigenvalue weighted by atomic mass is 10.1. The molecule has 1 aromatic carbocycles. The Morgan fingerprint density at radius 2 is 2.12 bits per heavy atom. The first-order valence-electron chi connectivity index (χ1n) is 4.83. The Morgan fingerprint density at radius 1 is 1.44 bits per heavy atom. The van der Waals surface area contributed by atoms with Gasteiger partial charge in [0.05, 0.1) is 11.6 Å². The van der Waals surface area contributed by atoms with Gasteiger partial charge in [-0.3, -0.25) is 4.79 Å². The molecule has 0 radical (unpaired) electrons. The van der Waals surface area contributed by atoms with Crippen molar-refractivity contribution < 1.29 is 4.79 Å². The monoisotopic (exact) mass is 212 g/mol. The molecule has 1 N–H and O–H groups in total. The summed E-state index contributed by atoms with van der Waals surface area (Å²) in [6, 6.07) is 9.03. The molecule has 0 heterocycles. The van der Waals surface area contributed by atoms with Crippen LogP contribution in [0.1, 0.15) is 11.1 Å². The molecule has 80 valence electrons. The molecule has 0 aliphatic heterocycles. The Kier molecular flexibility index (Phi) is 4.55. The zero-order chi connectivity index (χ0) is 11.8. The van der Waals surface area contributed by atoms with Gasteiger partial charge in [-0.2, -0.15) is 5.26 Å². The van der Waals surface area contributed by atoms with Gasteiger partial charge >= 0.3 is 0 Å². The number of carbonyl (C=O) groups is 1. The first kappa shape index (κ1) is 11.7. The quantitative estimate of drug-likeness (QED) is 0.612. The molecule has 0 bridgehead atoms. The van der Waals surface area contributed by atoms with Gasteiger partial charge in [0.2, 0.25) is 5.91 Å². The summed E-state index contributed by atoms with van der Waals surface area (Å²) in [7, 11) is 0. The predicted molar refractivity (Wildman–Crippen MR) is 63.4 cm³/mol. The highest BCUT2D eigenvalue weighted by Crippen LogP contribution is 2.04. The summed E-state index contributed by atoms with van der Waals surface area (Å²) in [4.78, 5) is 11.2. The summed E-state index contributed by atoms with van der Waals surface area (Å²) in [5.74, 6) is -0.163. The molecule has 0 saturated carbocycles. The highest BCUT2D eigenvalue weighted by molar-refractivity contribution is 5.91. The molecule has 1 amide bonds. The summed E-state index contributed by atoms with van der Waals surface area (Å²) < 4.78 is 0. The van der Waals surface area contributed by atoms with E-state index in [0.29, 0.717) is 12.1 Å². The lowest BCUT2D eigenvalue weighted by Crippen LogP contribution is -2.20. The third kappa shape index (κ3) is 3.81. The maximum Gasteiger partial charge on any atom is 0.244 e. The van der Waals surface area contributed by atoms with E-state index in [9.17, 15) is 4.79 Å². The number of nitrogens with zero attached hydrogens (tertiary/aromatic N) is 1. The molecule has 0 aliphatic carbocycles. The summed E-state index contributed by atoms with van der Waals surface area (Å²) in [6.07, 6.45) is 4.76. The average Bonchev–Trinajstić information content (AvgIpc) is 2.34. The average molecular weight is 212 g/mol. The van der Waals surface area contributed by atoms with Gasteiger partial charge in [0, 0.05) is 12.6 Å². The zero-order valence-electron chi connectivity index (χ0n) is 8.81. The topological polar surface area (TPSA) is 52.9 Å². The van der Waals surface area contributed by atoms with Gasteiger partial charge in [0.25, 0.3) is 0 Å². The fourth-order valence-electron chi connectivity index (χ4n) is 1.07. The van der Waals surface area contributed by atoms with E-state index in [4.69, 9.17) is 5.26 Å². The predicted octanol–water partition coefficient (Wildman–Crippen LogP) is 1.87. The molecule has 0 spiro atoms. The lowest BCUT2D eigenvalue weighted by Gasteiger charge is -1.96. The number of rotatable bonds is 4. The highest BCUT2D eigenvalue weighted by Gasteiger charge is 1.93. The Hall–Kier alpha value is -2.34. The first-order valence-corrected chi connectivity index (χ1v) is 4.83. The number of hydrogen-bond donors (Lipinski definition) is 1. The fraction of sp³-hybridized carbons (Fsp3) is 0.0769. The molecule has 0 aromatic heterocycles. The van der Waals surface area contributed by atoms with Crippen molar-refractivity contribution in [3.05, 3.63) is 54.1 Å². The van der Waals surface area contributed by atoms with Crippen LogP contribution in [0.5, 0.6) is 0 Å². The third-order valence-electron chi connectivity index (χ3n) is 1.89. The largest absolute Gasteiger partial charge is 0.349 e. The Labute approximate surface area is 94.7 Å². The van der Waals surface area contributed by atoms with E-state index in [2.05, 4.69) is 11.9 Å². The molecular weight excluding hydrogens is 200 g/mol. The van der Waals surface area contributed by atoms with Gasteiger partial charge in [0.1, 0.15) is 0 Å². The van der Waals surface area contributed by atoms with E-state index in [0.717, 1.165) is 5.56 Å². The number of amides is 1. The van der Waals surface area contributed by atoms with E-state index in [1.807, 2.05) is 6.07 Å². The van der Waals surface area contributed by atoms with Crippen LogP contribution in [-0.2, 0) is 4.79 Å². The molecule has 0 aliphatic rings. The number of nitrogens with one attached hydrogen (secondary N) is 1. The van der Waals surface area contributed by atoms with Crippen LogP contribution in [0.3, 0.4) is 0 Å². The van der Waals surface area contributed by atoms with Crippen molar-refractivity contribution in [2.24, 2.45) is 0 Å². The zero-order valence-corrected chi connectivity index (χ0v) is 8.81. The molecule has 0 atom stereocenters. The molecule has 0 fully saturated rings. The van der Waals surface area contributed by atoms with Crippen LogP contribution in [0.2, 0.25) is 0 Å². The Balaban J connectivity index is 2.59. The molecule has 1 aromatic rings. The summed E-state index contributed by atoms with van der Waals surface area (Å²) in [5.41, 5.74) is 1.49. The van der Waals surface area contributed by atoms with Gasteiger partial charge in [-0.1, -0.05) is 18.2 Å². The summed E-state index contributed by atoms with van der Waals surface area (Å²) in [6.45, 7) is 3.96. The molecule has 1 rings (SSSR count). The van der Waals surface area contributed by atoms with Crippen LogP contribution in [0.15, 0.2) is 43.0 Å². The number of hydrogen-bond acceptors (Lipinski definition) is 2. The molecule has 3 heteroatoms. The van der Waals surface area contributed by atoms with Crippen LogP contribution >= 0.6 is 0 Å². The minimum atomic E-state index is -0.163. The smallest absolute Gasteiger partial charge is 0.244 e. The van der Waals surface area contributed by atoms with Crippen molar-refractivity contribution in [1.82, 2.24) is 5.32 Å². The highest BCUT2D eigenvalue weighted by atomic mass is 16.1. The molecule has 0 saturated heterocycles. The van der Waals surface area contributed by atoms with Crippen molar-refractivity contribution in [2.75, 3.05) is 6.54 Å². The van der Waals surface area contributed by atoms with Crippen LogP contribution in [0.25, 0.3) is 6.08 Å². The molecule has 16 heavy (non-hydrogen) atoms. The van der Waals surface area contributed by atoms with Crippen LogP contribution in [-0.4, -0.2) is 12.5 Å². The Bertz CT molecular complexity index is 438. The second-order valence-corrected chi connectivity index (χ2v) is 3.10. The number of nitriles is 1. The van der Waals surface area contributed by atoms with E-state index in [-0.39, 0.29) is 5.91 Å². The van der Waals surface area contributed by atoms with Crippen LogP contribution in [0.4, 0.5) is 0 Å². The maximum atomic E-state index is 11.2. The first-order chi connectivity index (χ1) is 7.76. The van der Waals surface area contributed by atoms with E-state index in [1.54, 1.807) is 36.4 Å². The van der Waals surface area contributed by atoms with Crippen molar-refractivity contribution in [3.63, 3.8) is 0 Å². The standard InChI is InChI=1S/C13H12N2O/c1-2-9-15-13(16)8-7-11-3-5-12(10-14)6-4-11/h2-8H,1,9H2,(H,15,16). The SMILES string of the molecule is C=CCNC(=O)C=Cc1ccc(C#N)cc1. The van der Waals surface area contributed by atoms with Crippen molar-refractivity contribution >= 4 is 12.0 Å². The maximum absolute atomic E-state index is 11.2.